The van der Waals surface area contributed by atoms with Gasteiger partial charge in [0.15, 0.2) is 21.5 Å². The molecule has 0 aliphatic carbocycles. The van der Waals surface area contributed by atoms with E-state index in [0.717, 1.165) is 16.8 Å². The van der Waals surface area contributed by atoms with E-state index in [2.05, 4.69) is 20.3 Å². The maximum Gasteiger partial charge on any atom is 0.299 e. The quantitative estimate of drug-likeness (QED) is 0.435. The van der Waals surface area contributed by atoms with Crippen molar-refractivity contribution in [2.24, 2.45) is 0 Å². The van der Waals surface area contributed by atoms with Gasteiger partial charge in [0, 0.05) is 35.3 Å². The summed E-state index contributed by atoms with van der Waals surface area (Å²) in [6.07, 6.45) is 6.61. The zero-order valence-corrected chi connectivity index (χ0v) is 17.5. The molecule has 2 aromatic carbocycles. The van der Waals surface area contributed by atoms with Gasteiger partial charge < -0.3 is 14.5 Å². The number of nitrogens with zero attached hydrogens (tertiary/aromatic N) is 3. The van der Waals surface area contributed by atoms with Crippen molar-refractivity contribution in [1.29, 1.82) is 0 Å². The fraction of sp³-hybridized carbons (Fsp3) is 0.136. The minimum Gasteiger partial charge on any atom is -0.478 e. The van der Waals surface area contributed by atoms with Gasteiger partial charge in [0.05, 0.1) is 23.8 Å². The topological polar surface area (TPSA) is 107 Å². The molecule has 0 fully saturated rings. The van der Waals surface area contributed by atoms with Crippen LogP contribution in [0.25, 0.3) is 22.6 Å². The molecule has 0 saturated heterocycles. The van der Waals surface area contributed by atoms with Crippen molar-refractivity contribution in [3.63, 3.8) is 0 Å². The van der Waals surface area contributed by atoms with Gasteiger partial charge in [-0.1, -0.05) is 31.2 Å². The van der Waals surface area contributed by atoms with Gasteiger partial charge in [-0.05, 0) is 18.2 Å². The average Bonchev–Trinajstić information content (AvgIpc) is 3.27. The van der Waals surface area contributed by atoms with Gasteiger partial charge in [0.1, 0.15) is 5.75 Å². The average molecular weight is 436 g/mol. The number of hydrogen-bond acceptors (Lipinski definition) is 8. The summed E-state index contributed by atoms with van der Waals surface area (Å²) in [5.74, 6) is 0.695. The number of nitrogens with one attached hydrogen (secondary N) is 1. The number of aromatic nitrogens is 3. The van der Waals surface area contributed by atoms with Crippen LogP contribution in [-0.2, 0) is 9.84 Å². The van der Waals surface area contributed by atoms with E-state index < -0.39 is 9.84 Å². The van der Waals surface area contributed by atoms with Crippen LogP contribution >= 0.6 is 0 Å². The van der Waals surface area contributed by atoms with E-state index in [1.165, 1.54) is 0 Å². The summed E-state index contributed by atoms with van der Waals surface area (Å²) < 4.78 is 34.5. The monoisotopic (exact) mass is 436 g/mol. The van der Waals surface area contributed by atoms with Crippen LogP contribution < -0.4 is 10.1 Å². The Labute approximate surface area is 179 Å². The molecule has 8 nitrogen and oxygen atoms in total. The Hall–Kier alpha value is -3.72. The fourth-order valence-electron chi connectivity index (χ4n) is 2.77. The number of anilines is 2. The molecule has 0 amide bonds. The van der Waals surface area contributed by atoms with Crippen LogP contribution in [0, 0.1) is 0 Å². The molecule has 0 aliphatic rings. The molecule has 0 bridgehead atoms. The molecule has 0 atom stereocenters. The van der Waals surface area contributed by atoms with Crippen LogP contribution in [-0.4, -0.2) is 35.1 Å². The van der Waals surface area contributed by atoms with E-state index in [-0.39, 0.29) is 11.7 Å². The third-order valence-corrected chi connectivity index (χ3v) is 5.80. The molecule has 2 heterocycles. The van der Waals surface area contributed by atoms with Crippen LogP contribution in [0.15, 0.2) is 77.7 Å². The molecule has 1 N–H and O–H groups in total. The van der Waals surface area contributed by atoms with Gasteiger partial charge in [-0.25, -0.2) is 13.4 Å². The summed E-state index contributed by atoms with van der Waals surface area (Å²) in [7, 11) is -3.22. The lowest BCUT2D eigenvalue weighted by Crippen LogP contribution is -2.13. The van der Waals surface area contributed by atoms with E-state index in [0.29, 0.717) is 23.2 Å². The van der Waals surface area contributed by atoms with Crippen molar-refractivity contribution >= 4 is 21.5 Å². The highest BCUT2D eigenvalue weighted by molar-refractivity contribution is 7.91. The Kier molecular flexibility index (Phi) is 5.94. The standard InChI is InChI=1S/C22H20N4O4S/c1-2-31(27,28)15-29-19-8-4-7-18(12-19)26-22-25-14-21(30-22)17-6-3-5-16(11-17)20-13-23-9-10-24-20/h3-14H,2,15H2,1H3,(H,25,26). The molecular formula is C22H20N4O4S. The van der Waals surface area contributed by atoms with Crippen molar-refractivity contribution in [2.45, 2.75) is 6.92 Å². The lowest BCUT2D eigenvalue weighted by Gasteiger charge is -2.08. The number of hydrogen-bond donors (Lipinski definition) is 1. The Morgan fingerprint density at radius 1 is 1.00 bits per heavy atom. The van der Waals surface area contributed by atoms with E-state index in [9.17, 15) is 8.42 Å². The van der Waals surface area contributed by atoms with Crippen molar-refractivity contribution in [3.8, 4) is 28.3 Å². The van der Waals surface area contributed by atoms with E-state index >= 15 is 0 Å². The van der Waals surface area contributed by atoms with Crippen molar-refractivity contribution in [2.75, 3.05) is 17.0 Å². The largest absolute Gasteiger partial charge is 0.478 e. The first-order chi connectivity index (χ1) is 15.0. The molecule has 0 saturated carbocycles. The highest BCUT2D eigenvalue weighted by Crippen LogP contribution is 2.28. The first-order valence-electron chi connectivity index (χ1n) is 9.55. The second kappa shape index (κ2) is 8.97. The van der Waals surface area contributed by atoms with Crippen LogP contribution in [0.4, 0.5) is 11.7 Å². The SMILES string of the molecule is CCS(=O)(=O)COc1cccc(Nc2ncc(-c3cccc(-c4cnccn4)c3)o2)c1. The molecule has 158 valence electrons. The highest BCUT2D eigenvalue weighted by Gasteiger charge is 2.11. The molecule has 31 heavy (non-hydrogen) atoms. The Balaban J connectivity index is 1.48. The molecular weight excluding hydrogens is 416 g/mol. The zero-order chi connectivity index (χ0) is 21.7. The number of ether oxygens (including phenoxy) is 1. The zero-order valence-electron chi connectivity index (χ0n) is 16.7. The third kappa shape index (κ3) is 5.26. The van der Waals surface area contributed by atoms with Crippen LogP contribution in [0.3, 0.4) is 0 Å². The number of sulfone groups is 1. The van der Waals surface area contributed by atoms with Gasteiger partial charge in [-0.15, -0.1) is 0 Å². The molecule has 4 aromatic rings. The van der Waals surface area contributed by atoms with Crippen molar-refractivity contribution < 1.29 is 17.6 Å². The lowest BCUT2D eigenvalue weighted by molar-refractivity contribution is 0.377. The van der Waals surface area contributed by atoms with Gasteiger partial charge >= 0.3 is 0 Å². The van der Waals surface area contributed by atoms with Crippen LogP contribution in [0.1, 0.15) is 6.92 Å². The molecule has 9 heteroatoms. The Bertz CT molecular complexity index is 1270. The third-order valence-electron chi connectivity index (χ3n) is 4.44. The lowest BCUT2D eigenvalue weighted by atomic mass is 10.1. The fourth-order valence-corrected chi connectivity index (χ4v) is 3.26. The van der Waals surface area contributed by atoms with Gasteiger partial charge in [-0.2, -0.15) is 0 Å². The van der Waals surface area contributed by atoms with Crippen molar-refractivity contribution in [3.05, 3.63) is 73.3 Å². The molecule has 4 rings (SSSR count). The van der Waals surface area contributed by atoms with E-state index in [4.69, 9.17) is 9.15 Å². The second-order valence-corrected chi connectivity index (χ2v) is 8.95. The van der Waals surface area contributed by atoms with Crippen LogP contribution in [0.2, 0.25) is 0 Å². The first-order valence-corrected chi connectivity index (χ1v) is 11.4. The van der Waals surface area contributed by atoms with Gasteiger partial charge in [-0.3, -0.25) is 9.97 Å². The minimum absolute atomic E-state index is 0.0298. The number of benzene rings is 2. The summed E-state index contributed by atoms with van der Waals surface area (Å²) in [6.45, 7) is 1.58. The Morgan fingerprint density at radius 2 is 1.84 bits per heavy atom. The summed E-state index contributed by atoms with van der Waals surface area (Å²) in [4.78, 5) is 12.7. The second-order valence-electron chi connectivity index (χ2n) is 6.65. The normalized spacial score (nSPS) is 11.3. The summed E-state index contributed by atoms with van der Waals surface area (Å²) in [5.41, 5.74) is 3.20. The maximum atomic E-state index is 11.6. The predicted molar refractivity (Wildman–Crippen MR) is 118 cm³/mol. The Morgan fingerprint density at radius 3 is 2.65 bits per heavy atom. The van der Waals surface area contributed by atoms with Crippen molar-refractivity contribution in [1.82, 2.24) is 15.0 Å². The van der Waals surface area contributed by atoms with Gasteiger partial charge in [0.2, 0.25) is 0 Å². The molecule has 0 spiro atoms. The summed E-state index contributed by atoms with van der Waals surface area (Å²) in [6, 6.07) is 15.0. The first kappa shape index (κ1) is 20.5. The number of rotatable bonds is 8. The van der Waals surface area contributed by atoms with E-state index in [1.54, 1.807) is 56.0 Å². The highest BCUT2D eigenvalue weighted by atomic mass is 32.2. The molecule has 2 aromatic heterocycles. The summed E-state index contributed by atoms with van der Waals surface area (Å²) >= 11 is 0. The maximum absolute atomic E-state index is 11.6. The van der Waals surface area contributed by atoms with Crippen LogP contribution in [0.5, 0.6) is 5.75 Å². The predicted octanol–water partition coefficient (Wildman–Crippen LogP) is 4.31. The van der Waals surface area contributed by atoms with E-state index in [1.807, 2.05) is 24.3 Å². The molecule has 0 aliphatic heterocycles. The minimum atomic E-state index is -3.22. The smallest absolute Gasteiger partial charge is 0.299 e. The molecule has 0 radical (unpaired) electrons. The number of oxazole rings is 1. The summed E-state index contributed by atoms with van der Waals surface area (Å²) in [5, 5.41) is 3.06. The molecule has 0 unspecified atom stereocenters. The van der Waals surface area contributed by atoms with Gasteiger partial charge in [0.25, 0.3) is 6.01 Å².